The molecule has 2 N–H and O–H groups in total. The van der Waals surface area contributed by atoms with Crippen molar-refractivity contribution in [3.8, 4) is 12.3 Å². The molecule has 0 atom stereocenters. The topological polar surface area (TPSA) is 36.4 Å². The van der Waals surface area contributed by atoms with Crippen LogP contribution in [0.1, 0.15) is 39.5 Å². The second-order valence-electron chi connectivity index (χ2n) is 3.38. The number of rotatable bonds is 7. The summed E-state index contributed by atoms with van der Waals surface area (Å²) in [6, 6.07) is 0. The van der Waals surface area contributed by atoms with E-state index in [0.717, 1.165) is 25.5 Å². The van der Waals surface area contributed by atoms with Crippen LogP contribution in [-0.4, -0.2) is 25.6 Å². The molecule has 0 aliphatic rings. The molecule has 0 radical (unpaired) electrons. The van der Waals surface area contributed by atoms with Gasteiger partial charge in [0.25, 0.3) is 0 Å². The standard InChI is InChI=1S/C12H23N3.HI/c1-4-7-8-9-11-15-12(13-6-3)14-10-5-2;/h2H,4,6-11H2,1,3H3,(H2,13,14,15);1H. The van der Waals surface area contributed by atoms with Crippen molar-refractivity contribution in [2.24, 2.45) is 4.99 Å². The van der Waals surface area contributed by atoms with E-state index in [0.29, 0.717) is 6.54 Å². The lowest BCUT2D eigenvalue weighted by Gasteiger charge is -2.08. The Bertz CT molecular complexity index is 209. The third-order valence-corrected chi connectivity index (χ3v) is 1.98. The van der Waals surface area contributed by atoms with Crippen molar-refractivity contribution < 1.29 is 0 Å². The zero-order chi connectivity index (χ0) is 11.4. The number of terminal acetylenes is 1. The van der Waals surface area contributed by atoms with Crippen LogP contribution in [-0.2, 0) is 0 Å². The average Bonchev–Trinajstić information content (AvgIpc) is 2.25. The van der Waals surface area contributed by atoms with Gasteiger partial charge in [-0.2, -0.15) is 0 Å². The van der Waals surface area contributed by atoms with E-state index in [2.05, 4.69) is 28.5 Å². The Morgan fingerprint density at radius 3 is 2.50 bits per heavy atom. The first-order valence-corrected chi connectivity index (χ1v) is 5.80. The van der Waals surface area contributed by atoms with Crippen LogP contribution >= 0.6 is 24.0 Å². The summed E-state index contributed by atoms with van der Waals surface area (Å²) in [6.07, 6.45) is 10.1. The molecule has 94 valence electrons. The summed E-state index contributed by atoms with van der Waals surface area (Å²) in [5.41, 5.74) is 0. The van der Waals surface area contributed by atoms with Gasteiger partial charge in [-0.15, -0.1) is 30.4 Å². The van der Waals surface area contributed by atoms with Crippen LogP contribution in [0.4, 0.5) is 0 Å². The molecule has 0 aromatic heterocycles. The highest BCUT2D eigenvalue weighted by Gasteiger charge is 1.93. The highest BCUT2D eigenvalue weighted by atomic mass is 127. The Kier molecular flexibility index (Phi) is 16.3. The first-order valence-electron chi connectivity index (χ1n) is 5.80. The van der Waals surface area contributed by atoms with E-state index in [4.69, 9.17) is 6.42 Å². The van der Waals surface area contributed by atoms with E-state index in [1.54, 1.807) is 0 Å². The van der Waals surface area contributed by atoms with Gasteiger partial charge in [0, 0.05) is 13.1 Å². The van der Waals surface area contributed by atoms with Crippen LogP contribution in [0.2, 0.25) is 0 Å². The van der Waals surface area contributed by atoms with E-state index >= 15 is 0 Å². The van der Waals surface area contributed by atoms with Crippen LogP contribution in [0, 0.1) is 12.3 Å². The van der Waals surface area contributed by atoms with Gasteiger partial charge in [0.1, 0.15) is 0 Å². The predicted molar refractivity (Wildman–Crippen MR) is 82.4 cm³/mol. The van der Waals surface area contributed by atoms with Gasteiger partial charge in [-0.25, -0.2) is 0 Å². The Morgan fingerprint density at radius 2 is 1.94 bits per heavy atom. The summed E-state index contributed by atoms with van der Waals surface area (Å²) in [6.45, 7) is 6.53. The fourth-order valence-corrected chi connectivity index (χ4v) is 1.21. The molecular formula is C12H24IN3. The second-order valence-corrected chi connectivity index (χ2v) is 3.38. The maximum Gasteiger partial charge on any atom is 0.192 e. The van der Waals surface area contributed by atoms with E-state index in [9.17, 15) is 0 Å². The lowest BCUT2D eigenvalue weighted by atomic mass is 10.2. The fraction of sp³-hybridized carbons (Fsp3) is 0.750. The number of nitrogens with zero attached hydrogens (tertiary/aromatic N) is 1. The van der Waals surface area contributed by atoms with Crippen LogP contribution < -0.4 is 10.6 Å². The zero-order valence-electron chi connectivity index (χ0n) is 10.4. The monoisotopic (exact) mass is 337 g/mol. The minimum absolute atomic E-state index is 0. The van der Waals surface area contributed by atoms with Crippen LogP contribution in [0.3, 0.4) is 0 Å². The third-order valence-electron chi connectivity index (χ3n) is 1.98. The highest BCUT2D eigenvalue weighted by molar-refractivity contribution is 14.0. The number of aliphatic imine (C=N–C) groups is 1. The largest absolute Gasteiger partial charge is 0.357 e. The average molecular weight is 337 g/mol. The van der Waals surface area contributed by atoms with Gasteiger partial charge in [-0.05, 0) is 13.3 Å². The lowest BCUT2D eigenvalue weighted by Crippen LogP contribution is -2.37. The van der Waals surface area contributed by atoms with E-state index in [1.165, 1.54) is 19.3 Å². The first-order chi connectivity index (χ1) is 7.35. The van der Waals surface area contributed by atoms with Crippen molar-refractivity contribution in [1.29, 1.82) is 0 Å². The highest BCUT2D eigenvalue weighted by Crippen LogP contribution is 1.98. The molecule has 0 aliphatic carbocycles. The van der Waals surface area contributed by atoms with Crippen molar-refractivity contribution in [1.82, 2.24) is 10.6 Å². The molecule has 0 bridgehead atoms. The number of halogens is 1. The Labute approximate surface area is 117 Å². The van der Waals surface area contributed by atoms with Crippen molar-refractivity contribution in [3.05, 3.63) is 0 Å². The van der Waals surface area contributed by atoms with Gasteiger partial charge in [0.05, 0.1) is 6.54 Å². The van der Waals surface area contributed by atoms with Gasteiger partial charge in [-0.1, -0.05) is 32.1 Å². The van der Waals surface area contributed by atoms with Gasteiger partial charge in [0.15, 0.2) is 5.96 Å². The summed E-state index contributed by atoms with van der Waals surface area (Å²) in [4.78, 5) is 4.42. The molecule has 0 heterocycles. The molecule has 0 spiro atoms. The SMILES string of the molecule is C#CCNC(=NCCCCCC)NCC.I. The van der Waals surface area contributed by atoms with Crippen LogP contribution in [0.15, 0.2) is 4.99 Å². The maximum absolute atomic E-state index is 5.17. The first kappa shape index (κ1) is 17.9. The number of hydrogen-bond acceptors (Lipinski definition) is 1. The fourth-order valence-electron chi connectivity index (χ4n) is 1.21. The molecule has 0 amide bonds. The third kappa shape index (κ3) is 11.6. The summed E-state index contributed by atoms with van der Waals surface area (Å²) >= 11 is 0. The summed E-state index contributed by atoms with van der Waals surface area (Å²) < 4.78 is 0. The van der Waals surface area contributed by atoms with Crippen LogP contribution in [0.25, 0.3) is 0 Å². The molecule has 0 rings (SSSR count). The minimum Gasteiger partial charge on any atom is -0.357 e. The van der Waals surface area contributed by atoms with Gasteiger partial charge < -0.3 is 10.6 Å². The van der Waals surface area contributed by atoms with Crippen molar-refractivity contribution in [2.75, 3.05) is 19.6 Å². The molecule has 0 aromatic carbocycles. The summed E-state index contributed by atoms with van der Waals surface area (Å²) in [5, 5.41) is 6.22. The predicted octanol–water partition coefficient (Wildman–Crippen LogP) is 2.37. The smallest absolute Gasteiger partial charge is 0.192 e. The molecule has 16 heavy (non-hydrogen) atoms. The molecule has 0 fully saturated rings. The quantitative estimate of drug-likeness (QED) is 0.246. The van der Waals surface area contributed by atoms with Gasteiger partial charge in [-0.3, -0.25) is 4.99 Å². The lowest BCUT2D eigenvalue weighted by molar-refractivity contribution is 0.671. The molecule has 0 aliphatic heterocycles. The molecule has 0 unspecified atom stereocenters. The van der Waals surface area contributed by atoms with Crippen molar-refractivity contribution in [2.45, 2.75) is 39.5 Å². The Hall–Kier alpha value is -0.440. The second kappa shape index (κ2) is 14.6. The maximum atomic E-state index is 5.17. The molecule has 3 nitrogen and oxygen atoms in total. The molecular weight excluding hydrogens is 313 g/mol. The molecule has 0 saturated heterocycles. The number of unbranched alkanes of at least 4 members (excludes halogenated alkanes) is 3. The Balaban J connectivity index is 0. The Morgan fingerprint density at radius 1 is 1.19 bits per heavy atom. The molecule has 4 heteroatoms. The van der Waals surface area contributed by atoms with Crippen LogP contribution in [0.5, 0.6) is 0 Å². The minimum atomic E-state index is 0. The van der Waals surface area contributed by atoms with E-state index in [1.807, 2.05) is 6.92 Å². The van der Waals surface area contributed by atoms with Crippen molar-refractivity contribution >= 4 is 29.9 Å². The van der Waals surface area contributed by atoms with Gasteiger partial charge in [0.2, 0.25) is 0 Å². The summed E-state index contributed by atoms with van der Waals surface area (Å²) in [7, 11) is 0. The van der Waals surface area contributed by atoms with Crippen molar-refractivity contribution in [3.63, 3.8) is 0 Å². The molecule has 0 saturated carbocycles. The summed E-state index contributed by atoms with van der Waals surface area (Å²) in [5.74, 6) is 3.36. The normalized spacial score (nSPS) is 10.2. The van der Waals surface area contributed by atoms with E-state index < -0.39 is 0 Å². The number of nitrogens with one attached hydrogen (secondary N) is 2. The molecule has 0 aromatic rings. The van der Waals surface area contributed by atoms with E-state index in [-0.39, 0.29) is 24.0 Å². The number of hydrogen-bond donors (Lipinski definition) is 2. The zero-order valence-corrected chi connectivity index (χ0v) is 12.7. The number of guanidine groups is 1. The van der Waals surface area contributed by atoms with Gasteiger partial charge >= 0.3 is 0 Å².